The zero-order valence-electron chi connectivity index (χ0n) is 25.8. The third-order valence-corrected chi connectivity index (χ3v) is 8.35. The lowest BCUT2D eigenvalue weighted by Crippen LogP contribution is -2.49. The third kappa shape index (κ3) is 6.79. The van der Waals surface area contributed by atoms with Gasteiger partial charge in [0.2, 0.25) is 5.91 Å². The molecule has 0 saturated carbocycles. The predicted octanol–water partition coefficient (Wildman–Crippen LogP) is 2.59. The van der Waals surface area contributed by atoms with Crippen molar-refractivity contribution in [3.63, 3.8) is 0 Å². The summed E-state index contributed by atoms with van der Waals surface area (Å²) in [6.45, 7) is 5.48. The number of aromatic nitrogens is 3. The molecule has 3 aromatic rings. The minimum atomic E-state index is -1.84. The fraction of sp³-hybridized carbons (Fsp3) is 0.455. The van der Waals surface area contributed by atoms with Crippen molar-refractivity contribution in [2.45, 2.75) is 64.1 Å². The van der Waals surface area contributed by atoms with Gasteiger partial charge in [-0.25, -0.2) is 0 Å². The molecular formula is C33H42N6O6. The molecule has 0 fully saturated rings. The predicted molar refractivity (Wildman–Crippen MR) is 169 cm³/mol. The zero-order valence-corrected chi connectivity index (χ0v) is 25.8. The number of nitrogens with zero attached hydrogens (tertiary/aromatic N) is 4. The maximum Gasteiger partial charge on any atom is 0.261 e. The van der Waals surface area contributed by atoms with Crippen molar-refractivity contribution < 1.29 is 29.6 Å². The molecule has 1 aromatic heterocycles. The number of aliphatic hydroxyl groups is 3. The summed E-state index contributed by atoms with van der Waals surface area (Å²) in [6, 6.07) is 10.4. The van der Waals surface area contributed by atoms with Crippen molar-refractivity contribution in [1.29, 1.82) is 0 Å². The monoisotopic (exact) mass is 618 g/mol. The van der Waals surface area contributed by atoms with E-state index in [1.54, 1.807) is 40.9 Å². The summed E-state index contributed by atoms with van der Waals surface area (Å²) >= 11 is 0. The van der Waals surface area contributed by atoms with E-state index in [-0.39, 0.29) is 19.1 Å². The Kier molecular flexibility index (Phi) is 10.3. The molecule has 0 spiro atoms. The van der Waals surface area contributed by atoms with Crippen LogP contribution in [-0.4, -0.2) is 74.5 Å². The highest BCUT2D eigenvalue weighted by molar-refractivity contribution is 6.09. The van der Waals surface area contributed by atoms with E-state index < -0.39 is 23.5 Å². The van der Waals surface area contributed by atoms with Crippen molar-refractivity contribution in [3.05, 3.63) is 71.6 Å². The van der Waals surface area contributed by atoms with Gasteiger partial charge in [-0.1, -0.05) is 24.3 Å². The highest BCUT2D eigenvalue weighted by atomic mass is 16.5. The van der Waals surface area contributed by atoms with Crippen LogP contribution in [0.3, 0.4) is 0 Å². The SMILES string of the molecule is CCOc1ccc2c(c1)CC(NCCCCO)C(=O)N2c1ccc2c(c1)[C@@](O)([C@H](C)/C=C/CCn1cc(CCO)nn1)C(=O)N2. The fourth-order valence-corrected chi connectivity index (χ4v) is 5.93. The first-order valence-electron chi connectivity index (χ1n) is 15.6. The van der Waals surface area contributed by atoms with E-state index in [9.17, 15) is 19.8 Å². The molecule has 2 aromatic carbocycles. The summed E-state index contributed by atoms with van der Waals surface area (Å²) in [5.41, 5.74) is 1.99. The van der Waals surface area contributed by atoms with Crippen LogP contribution in [-0.2, 0) is 34.6 Å². The average molecular weight is 619 g/mol. The molecule has 0 radical (unpaired) electrons. The number of rotatable bonds is 15. The summed E-state index contributed by atoms with van der Waals surface area (Å²) in [4.78, 5) is 28.8. The van der Waals surface area contributed by atoms with Crippen molar-refractivity contribution in [2.75, 3.05) is 36.6 Å². The van der Waals surface area contributed by atoms with Gasteiger partial charge in [0.15, 0.2) is 5.60 Å². The number of carbonyl (C=O) groups excluding carboxylic acids is 2. The maximum absolute atomic E-state index is 14.0. The van der Waals surface area contributed by atoms with Crippen molar-refractivity contribution in [3.8, 4) is 5.75 Å². The van der Waals surface area contributed by atoms with Gasteiger partial charge < -0.3 is 30.7 Å². The number of allylic oxidation sites excluding steroid dienone is 1. The van der Waals surface area contributed by atoms with E-state index in [1.165, 1.54) is 0 Å². The molecule has 12 nitrogen and oxygen atoms in total. The Morgan fingerprint density at radius 1 is 1.18 bits per heavy atom. The largest absolute Gasteiger partial charge is 0.494 e. The quantitative estimate of drug-likeness (QED) is 0.127. The molecule has 3 heterocycles. The Balaban J connectivity index is 1.40. The highest BCUT2D eigenvalue weighted by Gasteiger charge is 2.49. The average Bonchev–Trinajstić information content (AvgIpc) is 3.59. The molecule has 240 valence electrons. The number of hydrogen-bond donors (Lipinski definition) is 5. The van der Waals surface area contributed by atoms with Gasteiger partial charge in [0.1, 0.15) is 5.75 Å². The van der Waals surface area contributed by atoms with E-state index in [0.717, 1.165) is 23.4 Å². The van der Waals surface area contributed by atoms with Crippen molar-refractivity contribution >= 4 is 28.9 Å². The minimum absolute atomic E-state index is 0.0100. The van der Waals surface area contributed by atoms with Crippen molar-refractivity contribution in [1.82, 2.24) is 20.3 Å². The topological polar surface area (TPSA) is 162 Å². The second kappa shape index (κ2) is 14.3. The summed E-state index contributed by atoms with van der Waals surface area (Å²) < 4.78 is 7.43. The van der Waals surface area contributed by atoms with Gasteiger partial charge in [-0.3, -0.25) is 19.2 Å². The second-order valence-electron chi connectivity index (χ2n) is 11.4. The number of anilines is 3. The van der Waals surface area contributed by atoms with Crippen LogP contribution in [0.4, 0.5) is 17.1 Å². The summed E-state index contributed by atoms with van der Waals surface area (Å²) in [5, 5.41) is 44.4. The summed E-state index contributed by atoms with van der Waals surface area (Å²) in [7, 11) is 0. The van der Waals surface area contributed by atoms with Crippen LogP contribution in [0.1, 0.15) is 49.9 Å². The number of carbonyl (C=O) groups is 2. The van der Waals surface area contributed by atoms with E-state index in [2.05, 4.69) is 20.9 Å². The van der Waals surface area contributed by atoms with Crippen LogP contribution in [0.2, 0.25) is 0 Å². The molecule has 5 N–H and O–H groups in total. The van der Waals surface area contributed by atoms with Gasteiger partial charge in [0.25, 0.3) is 5.91 Å². The normalized spacial score (nSPS) is 19.9. The van der Waals surface area contributed by atoms with Crippen LogP contribution >= 0.6 is 0 Å². The van der Waals surface area contributed by atoms with Gasteiger partial charge in [-0.15, -0.1) is 5.10 Å². The minimum Gasteiger partial charge on any atom is -0.494 e. The number of unbranched alkanes of at least 4 members (excludes halogenated alkanes) is 1. The summed E-state index contributed by atoms with van der Waals surface area (Å²) in [6.07, 6.45) is 8.42. The molecule has 0 bridgehead atoms. The van der Waals surface area contributed by atoms with Crippen LogP contribution in [0.5, 0.6) is 5.75 Å². The van der Waals surface area contributed by atoms with Crippen LogP contribution in [0, 0.1) is 5.92 Å². The summed E-state index contributed by atoms with van der Waals surface area (Å²) in [5.74, 6) is -0.516. The molecular weight excluding hydrogens is 576 g/mol. The van der Waals surface area contributed by atoms with Crippen LogP contribution in [0.25, 0.3) is 0 Å². The van der Waals surface area contributed by atoms with Gasteiger partial charge in [0.05, 0.1) is 24.0 Å². The van der Waals surface area contributed by atoms with Gasteiger partial charge >= 0.3 is 0 Å². The number of aryl methyl sites for hydroxylation is 1. The zero-order chi connectivity index (χ0) is 32.0. The fourth-order valence-electron chi connectivity index (χ4n) is 5.93. The standard InChI is InChI=1S/C33H42N6O6/c1-3-45-26-10-12-30-23(18-26)19-29(34-14-5-7-16-40)31(42)39(30)25-9-11-28-27(20-25)33(44,32(43)35-28)22(2)8-4-6-15-38-21-24(13-17-41)36-37-38/h4,8-12,18,20-22,29,34,40-41,44H,3,5-7,13-17,19H2,1-2H3,(H,35,43)/b8-4+/t22-,29?,33+/m1/s1. The van der Waals surface area contributed by atoms with Gasteiger partial charge in [-0.2, -0.15) is 0 Å². The van der Waals surface area contributed by atoms with Gasteiger partial charge in [-0.05, 0) is 81.1 Å². The second-order valence-corrected chi connectivity index (χ2v) is 11.4. The smallest absolute Gasteiger partial charge is 0.261 e. The number of benzene rings is 2. The number of amides is 2. The number of aliphatic hydroxyl groups excluding tert-OH is 2. The molecule has 5 rings (SSSR count). The Morgan fingerprint density at radius 3 is 2.80 bits per heavy atom. The lowest BCUT2D eigenvalue weighted by atomic mass is 9.82. The van der Waals surface area contributed by atoms with E-state index in [1.807, 2.05) is 37.3 Å². The molecule has 0 aliphatic carbocycles. The number of fused-ring (bicyclic) bond motifs is 2. The molecule has 2 amide bonds. The molecule has 2 aliphatic heterocycles. The number of nitrogens with one attached hydrogen (secondary N) is 2. The molecule has 12 heteroatoms. The lowest BCUT2D eigenvalue weighted by molar-refractivity contribution is -0.137. The molecule has 2 aliphatic rings. The first-order chi connectivity index (χ1) is 21.8. The first kappa shape index (κ1) is 32.3. The Labute approximate surface area is 262 Å². The van der Waals surface area contributed by atoms with Crippen LogP contribution in [0.15, 0.2) is 54.7 Å². The molecule has 1 unspecified atom stereocenters. The maximum atomic E-state index is 14.0. The third-order valence-electron chi connectivity index (χ3n) is 8.35. The van der Waals surface area contributed by atoms with Gasteiger partial charge in [0, 0.05) is 55.2 Å². The molecule has 3 atom stereocenters. The van der Waals surface area contributed by atoms with E-state index >= 15 is 0 Å². The van der Waals surface area contributed by atoms with E-state index in [4.69, 9.17) is 9.84 Å². The molecule has 45 heavy (non-hydrogen) atoms. The highest BCUT2D eigenvalue weighted by Crippen LogP contribution is 2.45. The number of hydrogen-bond acceptors (Lipinski definition) is 9. The Morgan fingerprint density at radius 2 is 2.02 bits per heavy atom. The molecule has 0 saturated heterocycles. The Hall–Kier alpha value is -4.10. The number of ether oxygens (including phenoxy) is 1. The van der Waals surface area contributed by atoms with E-state index in [0.29, 0.717) is 68.0 Å². The van der Waals surface area contributed by atoms with Crippen molar-refractivity contribution in [2.24, 2.45) is 5.92 Å². The Bertz CT molecular complexity index is 1540. The first-order valence-corrected chi connectivity index (χ1v) is 15.6. The van der Waals surface area contributed by atoms with Crippen LogP contribution < -0.4 is 20.3 Å². The lowest BCUT2D eigenvalue weighted by Gasteiger charge is -2.35.